The second-order valence-electron chi connectivity index (χ2n) is 5.65. The molecule has 0 aromatic carbocycles. The van der Waals surface area contributed by atoms with Crippen LogP contribution in [-0.4, -0.2) is 15.6 Å². The van der Waals surface area contributed by atoms with Crippen LogP contribution in [0.15, 0.2) is 12.5 Å². The van der Waals surface area contributed by atoms with Crippen molar-refractivity contribution in [3.05, 3.63) is 18.2 Å². The fourth-order valence-electron chi connectivity index (χ4n) is 1.89. The Morgan fingerprint density at radius 2 is 1.88 bits per heavy atom. The van der Waals surface area contributed by atoms with Gasteiger partial charge in [0.05, 0.1) is 12.0 Å². The molecule has 1 unspecified atom stereocenters. The standard InChI is InChI=1S/C14H27N3/c1-11(2)6-7-13(5)17-10-15-8-14(17)9-16-12(3)4/h8,10-13,16H,6-7,9H2,1-5H3. The van der Waals surface area contributed by atoms with Crippen molar-refractivity contribution in [3.63, 3.8) is 0 Å². The largest absolute Gasteiger partial charge is 0.331 e. The smallest absolute Gasteiger partial charge is 0.0951 e. The molecule has 1 atom stereocenters. The number of nitrogens with one attached hydrogen (secondary N) is 1. The first-order valence-electron chi connectivity index (χ1n) is 6.74. The number of aromatic nitrogens is 2. The molecule has 0 radical (unpaired) electrons. The first-order valence-corrected chi connectivity index (χ1v) is 6.74. The summed E-state index contributed by atoms with van der Waals surface area (Å²) in [5.41, 5.74) is 1.29. The Bertz CT molecular complexity index is 315. The van der Waals surface area contributed by atoms with Gasteiger partial charge in [0.15, 0.2) is 0 Å². The molecule has 0 saturated heterocycles. The lowest BCUT2D eigenvalue weighted by atomic mass is 10.0. The number of rotatable bonds is 7. The van der Waals surface area contributed by atoms with Crippen LogP contribution in [0.1, 0.15) is 59.2 Å². The molecule has 1 heterocycles. The topological polar surface area (TPSA) is 29.9 Å². The first kappa shape index (κ1) is 14.2. The average Bonchev–Trinajstić information content (AvgIpc) is 2.71. The maximum atomic E-state index is 4.27. The zero-order valence-electron chi connectivity index (χ0n) is 11.9. The van der Waals surface area contributed by atoms with Gasteiger partial charge in [0, 0.05) is 24.8 Å². The van der Waals surface area contributed by atoms with Crippen LogP contribution in [0.5, 0.6) is 0 Å². The summed E-state index contributed by atoms with van der Waals surface area (Å²) in [7, 11) is 0. The lowest BCUT2D eigenvalue weighted by molar-refractivity contribution is 0.424. The van der Waals surface area contributed by atoms with Crippen LogP contribution in [0.3, 0.4) is 0 Å². The molecule has 0 bridgehead atoms. The summed E-state index contributed by atoms with van der Waals surface area (Å²) >= 11 is 0. The van der Waals surface area contributed by atoms with Gasteiger partial charge in [-0.25, -0.2) is 4.98 Å². The second-order valence-corrected chi connectivity index (χ2v) is 5.65. The highest BCUT2D eigenvalue weighted by molar-refractivity contribution is 5.00. The zero-order chi connectivity index (χ0) is 12.8. The third-order valence-electron chi connectivity index (χ3n) is 3.07. The molecular formula is C14H27N3. The van der Waals surface area contributed by atoms with Crippen molar-refractivity contribution in [2.75, 3.05) is 0 Å². The van der Waals surface area contributed by atoms with Gasteiger partial charge in [-0.05, 0) is 25.7 Å². The van der Waals surface area contributed by atoms with Crippen LogP contribution >= 0.6 is 0 Å². The Balaban J connectivity index is 2.54. The van der Waals surface area contributed by atoms with Gasteiger partial charge in [-0.1, -0.05) is 27.7 Å². The van der Waals surface area contributed by atoms with Crippen LogP contribution in [0, 0.1) is 5.92 Å². The van der Waals surface area contributed by atoms with Crippen molar-refractivity contribution in [3.8, 4) is 0 Å². The molecule has 17 heavy (non-hydrogen) atoms. The van der Waals surface area contributed by atoms with Crippen molar-refractivity contribution < 1.29 is 0 Å². The first-order chi connectivity index (χ1) is 8.00. The summed E-state index contributed by atoms with van der Waals surface area (Å²) in [5, 5.41) is 3.45. The monoisotopic (exact) mass is 237 g/mol. The SMILES string of the molecule is CC(C)CCC(C)n1cncc1CNC(C)C. The predicted molar refractivity (Wildman–Crippen MR) is 73.0 cm³/mol. The summed E-state index contributed by atoms with van der Waals surface area (Å²) in [6.45, 7) is 12.1. The molecule has 1 aromatic rings. The third-order valence-corrected chi connectivity index (χ3v) is 3.07. The normalized spacial score (nSPS) is 13.6. The van der Waals surface area contributed by atoms with Crippen LogP contribution in [0.25, 0.3) is 0 Å². The Morgan fingerprint density at radius 3 is 2.47 bits per heavy atom. The summed E-state index contributed by atoms with van der Waals surface area (Å²) in [4.78, 5) is 4.27. The van der Waals surface area contributed by atoms with Crippen LogP contribution in [-0.2, 0) is 6.54 Å². The highest BCUT2D eigenvalue weighted by atomic mass is 15.1. The Hall–Kier alpha value is -0.830. The zero-order valence-corrected chi connectivity index (χ0v) is 11.9. The molecule has 98 valence electrons. The van der Waals surface area contributed by atoms with Crippen LogP contribution < -0.4 is 5.32 Å². The number of hydrogen-bond acceptors (Lipinski definition) is 2. The molecular weight excluding hydrogens is 210 g/mol. The molecule has 3 nitrogen and oxygen atoms in total. The predicted octanol–water partition coefficient (Wildman–Crippen LogP) is 3.38. The summed E-state index contributed by atoms with van der Waals surface area (Å²) in [6.07, 6.45) is 6.43. The fourth-order valence-corrected chi connectivity index (χ4v) is 1.89. The lowest BCUT2D eigenvalue weighted by Crippen LogP contribution is -2.24. The maximum Gasteiger partial charge on any atom is 0.0951 e. The molecule has 0 amide bonds. The van der Waals surface area contributed by atoms with Crippen molar-refractivity contribution >= 4 is 0 Å². The van der Waals surface area contributed by atoms with Gasteiger partial charge in [-0.15, -0.1) is 0 Å². The van der Waals surface area contributed by atoms with Crippen molar-refractivity contribution in [1.29, 1.82) is 0 Å². The highest BCUT2D eigenvalue weighted by Crippen LogP contribution is 2.18. The quantitative estimate of drug-likeness (QED) is 0.788. The van der Waals surface area contributed by atoms with Gasteiger partial charge >= 0.3 is 0 Å². The third kappa shape index (κ3) is 4.90. The Labute approximate surface area is 106 Å². The Morgan fingerprint density at radius 1 is 1.18 bits per heavy atom. The van der Waals surface area contributed by atoms with Gasteiger partial charge < -0.3 is 9.88 Å². The second kappa shape index (κ2) is 6.80. The van der Waals surface area contributed by atoms with Crippen molar-refractivity contribution in [2.45, 2.75) is 66.1 Å². The molecule has 0 aliphatic carbocycles. The lowest BCUT2D eigenvalue weighted by Gasteiger charge is -2.18. The number of nitrogens with zero attached hydrogens (tertiary/aromatic N) is 2. The van der Waals surface area contributed by atoms with E-state index in [1.807, 2.05) is 12.5 Å². The maximum absolute atomic E-state index is 4.27. The van der Waals surface area contributed by atoms with Crippen molar-refractivity contribution in [1.82, 2.24) is 14.9 Å². The van der Waals surface area contributed by atoms with Crippen LogP contribution in [0.4, 0.5) is 0 Å². The summed E-state index contributed by atoms with van der Waals surface area (Å²) < 4.78 is 2.30. The van der Waals surface area contributed by atoms with Gasteiger partial charge in [0.25, 0.3) is 0 Å². The summed E-state index contributed by atoms with van der Waals surface area (Å²) in [6, 6.07) is 1.06. The van der Waals surface area contributed by atoms with E-state index in [-0.39, 0.29) is 0 Å². The minimum atomic E-state index is 0.518. The van der Waals surface area contributed by atoms with Crippen molar-refractivity contribution in [2.24, 2.45) is 5.92 Å². The highest BCUT2D eigenvalue weighted by Gasteiger charge is 2.10. The van der Waals surface area contributed by atoms with E-state index in [0.29, 0.717) is 12.1 Å². The minimum Gasteiger partial charge on any atom is -0.331 e. The van der Waals surface area contributed by atoms with Gasteiger partial charge in [0.1, 0.15) is 0 Å². The molecule has 1 rings (SSSR count). The number of hydrogen-bond donors (Lipinski definition) is 1. The van der Waals surface area contributed by atoms with E-state index >= 15 is 0 Å². The summed E-state index contributed by atoms with van der Waals surface area (Å²) in [5.74, 6) is 0.776. The molecule has 3 heteroatoms. The number of imidazole rings is 1. The van der Waals surface area contributed by atoms with Gasteiger partial charge in [-0.3, -0.25) is 0 Å². The van der Waals surface area contributed by atoms with E-state index in [4.69, 9.17) is 0 Å². The molecule has 1 aromatic heterocycles. The molecule has 0 spiro atoms. The molecule has 0 aliphatic rings. The van der Waals surface area contributed by atoms with E-state index < -0.39 is 0 Å². The molecule has 0 aliphatic heterocycles. The van der Waals surface area contributed by atoms with Gasteiger partial charge in [-0.2, -0.15) is 0 Å². The van der Waals surface area contributed by atoms with Gasteiger partial charge in [0.2, 0.25) is 0 Å². The van der Waals surface area contributed by atoms with E-state index in [9.17, 15) is 0 Å². The molecule has 0 saturated carbocycles. The van der Waals surface area contributed by atoms with Crippen LogP contribution in [0.2, 0.25) is 0 Å². The molecule has 1 N–H and O–H groups in total. The van der Waals surface area contributed by atoms with E-state index in [1.54, 1.807) is 0 Å². The van der Waals surface area contributed by atoms with E-state index in [0.717, 1.165) is 12.5 Å². The minimum absolute atomic E-state index is 0.518. The molecule has 0 fully saturated rings. The fraction of sp³-hybridized carbons (Fsp3) is 0.786. The van der Waals surface area contributed by atoms with E-state index in [2.05, 4.69) is 49.5 Å². The van der Waals surface area contributed by atoms with E-state index in [1.165, 1.54) is 18.5 Å². The Kier molecular flexibility index (Phi) is 5.69. The average molecular weight is 237 g/mol.